The third kappa shape index (κ3) is 2.28. The molecule has 1 N–H and O–H groups in total. The van der Waals surface area contributed by atoms with E-state index in [9.17, 15) is 4.79 Å². The minimum absolute atomic E-state index is 0.231. The fraction of sp³-hybridized carbons (Fsp3) is 0.611. The van der Waals surface area contributed by atoms with Gasteiger partial charge in [-0.05, 0) is 80.4 Å². The molecule has 0 spiro atoms. The third-order valence-corrected chi connectivity index (χ3v) is 6.46. The van der Waals surface area contributed by atoms with Gasteiger partial charge in [-0.15, -0.1) is 0 Å². The first-order chi connectivity index (χ1) is 10.1. The fourth-order valence-corrected chi connectivity index (χ4v) is 5.49. The first-order valence-corrected chi connectivity index (χ1v) is 8.55. The molecule has 4 aliphatic carbocycles. The lowest BCUT2D eigenvalue weighted by Crippen LogP contribution is -2.49. The zero-order valence-corrected chi connectivity index (χ0v) is 13.2. The lowest BCUT2D eigenvalue weighted by atomic mass is 9.51. The largest absolute Gasteiger partial charge is 0.326 e. The van der Waals surface area contributed by atoms with E-state index in [2.05, 4.69) is 5.32 Å². The van der Waals surface area contributed by atoms with Crippen LogP contribution < -0.4 is 5.32 Å². The van der Waals surface area contributed by atoms with Gasteiger partial charge in [0.25, 0.3) is 0 Å². The van der Waals surface area contributed by atoms with Crippen molar-refractivity contribution in [2.75, 3.05) is 5.32 Å². The quantitative estimate of drug-likeness (QED) is 0.846. The maximum absolute atomic E-state index is 12.8. The van der Waals surface area contributed by atoms with Gasteiger partial charge < -0.3 is 5.32 Å². The monoisotopic (exact) mass is 303 g/mol. The summed E-state index contributed by atoms with van der Waals surface area (Å²) < 4.78 is 0. The number of carbonyl (C=O) groups is 1. The maximum Gasteiger partial charge on any atom is 0.228 e. The van der Waals surface area contributed by atoms with E-state index in [1.165, 1.54) is 32.1 Å². The van der Waals surface area contributed by atoms with Gasteiger partial charge in [-0.3, -0.25) is 4.79 Å². The molecule has 21 heavy (non-hydrogen) atoms. The van der Waals surface area contributed by atoms with Crippen molar-refractivity contribution >= 4 is 23.2 Å². The summed E-state index contributed by atoms with van der Waals surface area (Å²) in [5.74, 6) is 3.53. The number of carbonyl (C=O) groups excluding carboxylic acids is 1. The third-order valence-electron chi connectivity index (χ3n) is 6.06. The van der Waals surface area contributed by atoms with Crippen LogP contribution in [0.2, 0.25) is 5.02 Å². The molecule has 2 nitrogen and oxygen atoms in total. The van der Waals surface area contributed by atoms with E-state index in [4.69, 9.17) is 11.6 Å². The van der Waals surface area contributed by atoms with Gasteiger partial charge in [0.15, 0.2) is 0 Å². The molecular weight excluding hydrogens is 282 g/mol. The molecule has 112 valence electrons. The van der Waals surface area contributed by atoms with E-state index >= 15 is 0 Å². The smallest absolute Gasteiger partial charge is 0.228 e. The molecule has 4 bridgehead atoms. The summed E-state index contributed by atoms with van der Waals surface area (Å²) in [7, 11) is 0. The van der Waals surface area contributed by atoms with Crippen LogP contribution in [0.3, 0.4) is 0 Å². The molecule has 5 rings (SSSR count). The Balaban J connectivity index is 1.54. The summed E-state index contributed by atoms with van der Waals surface area (Å²) in [6.45, 7) is 1.97. The Morgan fingerprint density at radius 3 is 2.33 bits per heavy atom. The molecule has 4 saturated carbocycles. The second-order valence-corrected chi connectivity index (χ2v) is 7.77. The molecule has 0 aromatic heterocycles. The highest BCUT2D eigenvalue weighted by molar-refractivity contribution is 6.31. The van der Waals surface area contributed by atoms with Gasteiger partial charge in [0.2, 0.25) is 5.91 Å². The Bertz CT molecular complexity index is 555. The normalized spacial score (nSPS) is 36.8. The number of nitrogens with one attached hydrogen (secondary N) is 1. The van der Waals surface area contributed by atoms with Crippen LogP contribution in [0.4, 0.5) is 5.69 Å². The van der Waals surface area contributed by atoms with E-state index in [1.54, 1.807) is 0 Å². The van der Waals surface area contributed by atoms with Crippen molar-refractivity contribution in [3.63, 3.8) is 0 Å². The molecule has 3 heteroatoms. The average molecular weight is 304 g/mol. The summed E-state index contributed by atoms with van der Waals surface area (Å²) in [6, 6.07) is 5.73. The molecule has 4 aliphatic rings. The van der Waals surface area contributed by atoms with Crippen LogP contribution in [0.1, 0.15) is 37.7 Å². The lowest BCUT2D eigenvalue weighted by molar-refractivity contribution is -0.132. The van der Waals surface area contributed by atoms with Gasteiger partial charge in [-0.1, -0.05) is 17.7 Å². The first-order valence-electron chi connectivity index (χ1n) is 8.17. The lowest BCUT2D eigenvalue weighted by Gasteiger charge is -2.53. The zero-order chi connectivity index (χ0) is 14.6. The number of anilines is 1. The SMILES string of the molecule is Cc1c(Cl)cccc1NC(=O)C1C2CC3CC(C2)CC1C3. The van der Waals surface area contributed by atoms with Gasteiger partial charge in [0.1, 0.15) is 0 Å². The van der Waals surface area contributed by atoms with Crippen LogP contribution in [-0.4, -0.2) is 5.91 Å². The number of rotatable bonds is 2. The maximum atomic E-state index is 12.8. The number of amides is 1. The zero-order valence-electron chi connectivity index (χ0n) is 12.4. The number of benzene rings is 1. The highest BCUT2D eigenvalue weighted by atomic mass is 35.5. The van der Waals surface area contributed by atoms with E-state index in [0.29, 0.717) is 11.8 Å². The summed E-state index contributed by atoms with van der Waals surface area (Å²) in [5, 5.41) is 3.88. The summed E-state index contributed by atoms with van der Waals surface area (Å²) in [5.41, 5.74) is 1.85. The summed E-state index contributed by atoms with van der Waals surface area (Å²) >= 11 is 6.15. The molecule has 0 unspecified atom stereocenters. The van der Waals surface area contributed by atoms with Crippen LogP contribution in [0, 0.1) is 36.5 Å². The summed E-state index contributed by atoms with van der Waals surface area (Å²) in [6.07, 6.45) is 6.53. The second-order valence-electron chi connectivity index (χ2n) is 7.36. The molecular formula is C18H22ClNO. The Morgan fingerprint density at radius 2 is 1.71 bits per heavy atom. The topological polar surface area (TPSA) is 29.1 Å². The molecule has 1 amide bonds. The van der Waals surface area contributed by atoms with E-state index in [1.807, 2.05) is 25.1 Å². The van der Waals surface area contributed by atoms with Crippen molar-refractivity contribution < 1.29 is 4.79 Å². The van der Waals surface area contributed by atoms with Crippen LogP contribution in [-0.2, 0) is 4.79 Å². The van der Waals surface area contributed by atoms with Crippen molar-refractivity contribution in [2.45, 2.75) is 39.0 Å². The van der Waals surface area contributed by atoms with Crippen molar-refractivity contribution in [2.24, 2.45) is 29.6 Å². The molecule has 0 heterocycles. The average Bonchev–Trinajstić information content (AvgIpc) is 2.42. The van der Waals surface area contributed by atoms with Crippen LogP contribution in [0.15, 0.2) is 18.2 Å². The minimum Gasteiger partial charge on any atom is -0.326 e. The predicted octanol–water partition coefficient (Wildman–Crippen LogP) is 4.66. The highest BCUT2D eigenvalue weighted by Gasteiger charge is 2.50. The van der Waals surface area contributed by atoms with E-state index in [0.717, 1.165) is 28.1 Å². The van der Waals surface area contributed by atoms with E-state index in [-0.39, 0.29) is 11.8 Å². The van der Waals surface area contributed by atoms with Crippen molar-refractivity contribution in [1.29, 1.82) is 0 Å². The van der Waals surface area contributed by atoms with Crippen LogP contribution in [0.25, 0.3) is 0 Å². The number of halogens is 1. The molecule has 0 atom stereocenters. The standard InChI is InChI=1S/C18H22ClNO/c1-10-15(19)3-2-4-16(10)20-18(21)17-13-6-11-5-12(8-13)9-14(17)7-11/h2-4,11-14,17H,5-9H2,1H3,(H,20,21). The molecule has 0 radical (unpaired) electrons. The molecule has 1 aromatic carbocycles. The second kappa shape index (κ2) is 5.01. The molecule has 0 saturated heterocycles. The fourth-order valence-electron chi connectivity index (χ4n) is 5.31. The van der Waals surface area contributed by atoms with Crippen LogP contribution in [0.5, 0.6) is 0 Å². The van der Waals surface area contributed by atoms with Crippen molar-refractivity contribution in [3.05, 3.63) is 28.8 Å². The summed E-state index contributed by atoms with van der Waals surface area (Å²) in [4.78, 5) is 12.8. The number of hydrogen-bond acceptors (Lipinski definition) is 1. The first kappa shape index (κ1) is 13.6. The van der Waals surface area contributed by atoms with Gasteiger partial charge in [0, 0.05) is 16.6 Å². The Hall–Kier alpha value is -1.02. The molecule has 1 aromatic rings. The van der Waals surface area contributed by atoms with Crippen molar-refractivity contribution in [1.82, 2.24) is 0 Å². The number of hydrogen-bond donors (Lipinski definition) is 1. The van der Waals surface area contributed by atoms with Gasteiger partial charge >= 0.3 is 0 Å². The molecule has 0 aliphatic heterocycles. The van der Waals surface area contributed by atoms with Gasteiger partial charge in [0.05, 0.1) is 0 Å². The van der Waals surface area contributed by atoms with Crippen LogP contribution >= 0.6 is 11.6 Å². The Kier molecular flexibility index (Phi) is 3.25. The Labute approximate surface area is 131 Å². The highest BCUT2D eigenvalue weighted by Crippen LogP contribution is 2.56. The molecule has 4 fully saturated rings. The van der Waals surface area contributed by atoms with Crippen molar-refractivity contribution in [3.8, 4) is 0 Å². The van der Waals surface area contributed by atoms with E-state index < -0.39 is 0 Å². The minimum atomic E-state index is 0.231. The predicted molar refractivity (Wildman–Crippen MR) is 85.4 cm³/mol. The van der Waals surface area contributed by atoms with Gasteiger partial charge in [-0.2, -0.15) is 0 Å². The van der Waals surface area contributed by atoms with Gasteiger partial charge in [-0.25, -0.2) is 0 Å². The Morgan fingerprint density at radius 1 is 1.10 bits per heavy atom.